The van der Waals surface area contributed by atoms with E-state index in [0.29, 0.717) is 16.7 Å². The second kappa shape index (κ2) is 6.69. The largest absolute Gasteiger partial charge is 0.394 e. The van der Waals surface area contributed by atoms with Crippen molar-refractivity contribution < 1.29 is 18.7 Å². The van der Waals surface area contributed by atoms with Crippen molar-refractivity contribution in [3.05, 3.63) is 59.7 Å². The first-order valence-corrected chi connectivity index (χ1v) is 8.02. The summed E-state index contributed by atoms with van der Waals surface area (Å²) in [6.45, 7) is -0.0638. The van der Waals surface area contributed by atoms with Gasteiger partial charge in [-0.1, -0.05) is 31.0 Å². The molecule has 0 spiro atoms. The highest BCUT2D eigenvalue weighted by molar-refractivity contribution is 5.95. The lowest BCUT2D eigenvalue weighted by molar-refractivity contribution is 0.0838. The van der Waals surface area contributed by atoms with E-state index in [4.69, 9.17) is 0 Å². The van der Waals surface area contributed by atoms with Gasteiger partial charge in [0.25, 0.3) is 5.91 Å². The number of aliphatic hydroxyl groups is 1. The van der Waals surface area contributed by atoms with Crippen molar-refractivity contribution in [2.75, 3.05) is 6.61 Å². The number of hydrogen-bond donors (Lipinski definition) is 2. The van der Waals surface area contributed by atoms with Gasteiger partial charge in [-0.2, -0.15) is 0 Å². The van der Waals surface area contributed by atoms with Crippen molar-refractivity contribution in [1.82, 2.24) is 5.32 Å². The van der Waals surface area contributed by atoms with Crippen molar-refractivity contribution in [1.29, 1.82) is 0 Å². The predicted octanol–water partition coefficient (Wildman–Crippen LogP) is 3.67. The van der Waals surface area contributed by atoms with Crippen LogP contribution in [0.1, 0.15) is 36.0 Å². The van der Waals surface area contributed by atoms with Gasteiger partial charge in [0.15, 0.2) is 11.6 Å². The summed E-state index contributed by atoms with van der Waals surface area (Å²) >= 11 is 0. The van der Waals surface area contributed by atoms with Crippen molar-refractivity contribution >= 4 is 5.91 Å². The van der Waals surface area contributed by atoms with E-state index in [-0.39, 0.29) is 12.5 Å². The Balaban J connectivity index is 1.76. The molecular formula is C19H19F2NO2. The first-order chi connectivity index (χ1) is 11.5. The van der Waals surface area contributed by atoms with Crippen LogP contribution in [0.4, 0.5) is 8.78 Å². The van der Waals surface area contributed by atoms with Crippen molar-refractivity contribution in [2.24, 2.45) is 0 Å². The maximum Gasteiger partial charge on any atom is 0.251 e. The Kier molecular flexibility index (Phi) is 4.62. The number of rotatable bonds is 4. The molecule has 0 aliphatic heterocycles. The van der Waals surface area contributed by atoms with Gasteiger partial charge in [0.05, 0.1) is 12.1 Å². The molecule has 0 atom stereocenters. The van der Waals surface area contributed by atoms with Crippen LogP contribution < -0.4 is 5.32 Å². The van der Waals surface area contributed by atoms with Crippen LogP contribution in [0.3, 0.4) is 0 Å². The molecule has 2 N–H and O–H groups in total. The molecule has 1 amide bonds. The van der Waals surface area contributed by atoms with Crippen LogP contribution >= 0.6 is 0 Å². The highest BCUT2D eigenvalue weighted by Gasteiger charge is 2.34. The van der Waals surface area contributed by atoms with E-state index in [9.17, 15) is 18.7 Å². The Bertz CT molecular complexity index is 738. The molecule has 0 unspecified atom stereocenters. The van der Waals surface area contributed by atoms with E-state index >= 15 is 0 Å². The number of nitrogens with one attached hydrogen (secondary N) is 1. The van der Waals surface area contributed by atoms with Gasteiger partial charge in [-0.05, 0) is 48.2 Å². The molecular weight excluding hydrogens is 312 g/mol. The molecule has 1 saturated carbocycles. The number of benzene rings is 2. The number of carbonyl (C=O) groups excluding carboxylic acids is 1. The Morgan fingerprint density at radius 1 is 1.00 bits per heavy atom. The second-order valence-electron chi connectivity index (χ2n) is 6.31. The molecule has 0 aromatic heterocycles. The predicted molar refractivity (Wildman–Crippen MR) is 87.5 cm³/mol. The molecule has 2 aromatic rings. The third kappa shape index (κ3) is 3.31. The third-order valence-electron chi connectivity index (χ3n) is 4.64. The van der Waals surface area contributed by atoms with E-state index in [0.717, 1.165) is 37.8 Å². The van der Waals surface area contributed by atoms with Gasteiger partial charge in [-0.3, -0.25) is 4.79 Å². The van der Waals surface area contributed by atoms with E-state index in [1.54, 1.807) is 24.3 Å². The normalized spacial score (nSPS) is 16.1. The van der Waals surface area contributed by atoms with Crippen molar-refractivity contribution in [2.45, 2.75) is 31.2 Å². The molecule has 2 aromatic carbocycles. The summed E-state index contributed by atoms with van der Waals surface area (Å²) < 4.78 is 26.3. The summed E-state index contributed by atoms with van der Waals surface area (Å²) in [6.07, 6.45) is 3.55. The highest BCUT2D eigenvalue weighted by Crippen LogP contribution is 2.29. The minimum Gasteiger partial charge on any atom is -0.394 e. The van der Waals surface area contributed by atoms with Crippen LogP contribution in [0.25, 0.3) is 11.1 Å². The van der Waals surface area contributed by atoms with Crippen LogP contribution in [-0.2, 0) is 0 Å². The van der Waals surface area contributed by atoms with E-state index in [2.05, 4.69) is 5.32 Å². The van der Waals surface area contributed by atoms with Crippen LogP contribution in [0.2, 0.25) is 0 Å². The van der Waals surface area contributed by atoms with Crippen LogP contribution in [0.5, 0.6) is 0 Å². The standard InChI is InChI=1S/C19H19F2NO2/c20-16-8-7-15(11-17(16)21)13-3-5-14(6-4-13)18(24)22-19(12-23)9-1-2-10-19/h3-8,11,23H,1-2,9-10,12H2,(H,22,24). The van der Waals surface area contributed by atoms with Gasteiger partial charge in [-0.15, -0.1) is 0 Å². The van der Waals surface area contributed by atoms with Gasteiger partial charge in [0.2, 0.25) is 0 Å². The summed E-state index contributed by atoms with van der Waals surface area (Å²) in [7, 11) is 0. The summed E-state index contributed by atoms with van der Waals surface area (Å²) in [6, 6.07) is 10.4. The van der Waals surface area contributed by atoms with E-state index < -0.39 is 17.2 Å². The molecule has 3 nitrogen and oxygen atoms in total. The average Bonchev–Trinajstić information content (AvgIpc) is 3.06. The maximum atomic E-state index is 13.3. The Morgan fingerprint density at radius 2 is 1.62 bits per heavy atom. The minimum absolute atomic E-state index is 0.0638. The SMILES string of the molecule is O=C(NC1(CO)CCCC1)c1ccc(-c2ccc(F)c(F)c2)cc1. The summed E-state index contributed by atoms with van der Waals surface area (Å²) in [5, 5.41) is 12.5. The van der Waals surface area contributed by atoms with Gasteiger partial charge in [0, 0.05) is 5.56 Å². The summed E-state index contributed by atoms with van der Waals surface area (Å²) in [5.41, 5.74) is 1.20. The molecule has 1 fully saturated rings. The molecule has 0 saturated heterocycles. The molecule has 1 aliphatic carbocycles. The number of halogens is 2. The molecule has 126 valence electrons. The molecule has 0 heterocycles. The van der Waals surface area contributed by atoms with Crippen molar-refractivity contribution in [3.63, 3.8) is 0 Å². The fourth-order valence-electron chi connectivity index (χ4n) is 3.18. The number of aliphatic hydroxyl groups excluding tert-OH is 1. The minimum atomic E-state index is -0.902. The smallest absolute Gasteiger partial charge is 0.251 e. The zero-order valence-electron chi connectivity index (χ0n) is 13.2. The van der Waals surface area contributed by atoms with Crippen molar-refractivity contribution in [3.8, 4) is 11.1 Å². The molecule has 0 radical (unpaired) electrons. The number of carbonyl (C=O) groups is 1. The number of hydrogen-bond acceptors (Lipinski definition) is 2. The fraction of sp³-hybridized carbons (Fsp3) is 0.316. The topological polar surface area (TPSA) is 49.3 Å². The highest BCUT2D eigenvalue weighted by atomic mass is 19.2. The first-order valence-electron chi connectivity index (χ1n) is 8.02. The lowest BCUT2D eigenvalue weighted by atomic mass is 9.97. The van der Waals surface area contributed by atoms with Gasteiger partial charge < -0.3 is 10.4 Å². The molecule has 1 aliphatic rings. The third-order valence-corrected chi connectivity index (χ3v) is 4.64. The number of amides is 1. The van der Waals surface area contributed by atoms with Crippen LogP contribution in [0, 0.1) is 11.6 Å². The molecule has 24 heavy (non-hydrogen) atoms. The monoisotopic (exact) mass is 331 g/mol. The second-order valence-corrected chi connectivity index (χ2v) is 6.31. The zero-order valence-corrected chi connectivity index (χ0v) is 13.2. The molecule has 3 rings (SSSR count). The van der Waals surface area contributed by atoms with E-state index in [1.165, 1.54) is 6.07 Å². The lowest BCUT2D eigenvalue weighted by Gasteiger charge is -2.28. The Hall–Kier alpha value is -2.27. The van der Waals surface area contributed by atoms with E-state index in [1.807, 2.05) is 0 Å². The zero-order chi connectivity index (χ0) is 17.2. The fourth-order valence-corrected chi connectivity index (χ4v) is 3.18. The lowest BCUT2D eigenvalue weighted by Crippen LogP contribution is -2.49. The van der Waals surface area contributed by atoms with Gasteiger partial charge >= 0.3 is 0 Å². The molecule has 5 heteroatoms. The average molecular weight is 331 g/mol. The summed E-state index contributed by atoms with van der Waals surface area (Å²) in [5.74, 6) is -2.02. The molecule has 0 bridgehead atoms. The van der Waals surface area contributed by atoms with Gasteiger partial charge in [-0.25, -0.2) is 8.78 Å². The van der Waals surface area contributed by atoms with Gasteiger partial charge in [0.1, 0.15) is 0 Å². The quantitative estimate of drug-likeness (QED) is 0.898. The summed E-state index contributed by atoms with van der Waals surface area (Å²) in [4.78, 5) is 12.4. The Morgan fingerprint density at radius 3 is 2.21 bits per heavy atom. The Labute approximate surface area is 139 Å². The first kappa shape index (κ1) is 16.6. The van der Waals surface area contributed by atoms with Crippen LogP contribution in [-0.4, -0.2) is 23.2 Å². The maximum absolute atomic E-state index is 13.3. The van der Waals surface area contributed by atoms with Crippen LogP contribution in [0.15, 0.2) is 42.5 Å².